The summed E-state index contributed by atoms with van der Waals surface area (Å²) < 4.78 is 0. The van der Waals surface area contributed by atoms with Gasteiger partial charge >= 0.3 is 0 Å². The first kappa shape index (κ1) is 13.1. The standard InChI is InChI=1S/C12H19ClN2O/c1-8(2)5-10(7-16)15-12-4-3-9(14)6-11(12)13/h3-4,6,8,10,15-16H,5,7,14H2,1-2H3. The van der Waals surface area contributed by atoms with Gasteiger partial charge in [0.1, 0.15) is 0 Å². The van der Waals surface area contributed by atoms with Crippen LogP contribution in [-0.4, -0.2) is 17.8 Å². The number of aliphatic hydroxyl groups excluding tert-OH is 1. The summed E-state index contributed by atoms with van der Waals surface area (Å²) in [5, 5.41) is 13.1. The number of nitrogens with two attached hydrogens (primary N) is 1. The molecule has 0 spiro atoms. The first-order valence-corrected chi connectivity index (χ1v) is 5.83. The van der Waals surface area contributed by atoms with E-state index < -0.39 is 0 Å². The Labute approximate surface area is 102 Å². The predicted octanol–water partition coefficient (Wildman–Crippen LogP) is 2.74. The van der Waals surface area contributed by atoms with E-state index in [4.69, 9.17) is 17.3 Å². The Morgan fingerprint density at radius 2 is 2.12 bits per heavy atom. The van der Waals surface area contributed by atoms with E-state index in [1.807, 2.05) is 6.07 Å². The van der Waals surface area contributed by atoms with Crippen LogP contribution in [-0.2, 0) is 0 Å². The summed E-state index contributed by atoms with van der Waals surface area (Å²) in [6, 6.07) is 5.35. The quantitative estimate of drug-likeness (QED) is 0.696. The second-order valence-electron chi connectivity index (χ2n) is 4.39. The summed E-state index contributed by atoms with van der Waals surface area (Å²) in [5.74, 6) is 0.525. The van der Waals surface area contributed by atoms with Crippen molar-refractivity contribution in [3.05, 3.63) is 23.2 Å². The first-order chi connectivity index (χ1) is 7.52. The van der Waals surface area contributed by atoms with E-state index in [2.05, 4.69) is 19.2 Å². The van der Waals surface area contributed by atoms with Crippen molar-refractivity contribution in [1.29, 1.82) is 0 Å². The average molecular weight is 243 g/mol. The number of nitrogens with one attached hydrogen (secondary N) is 1. The van der Waals surface area contributed by atoms with Crippen molar-refractivity contribution in [3.63, 3.8) is 0 Å². The third-order valence-electron chi connectivity index (χ3n) is 2.33. The first-order valence-electron chi connectivity index (χ1n) is 5.45. The zero-order chi connectivity index (χ0) is 12.1. The highest BCUT2D eigenvalue weighted by atomic mass is 35.5. The highest BCUT2D eigenvalue weighted by Crippen LogP contribution is 2.25. The third-order valence-corrected chi connectivity index (χ3v) is 2.64. The molecule has 4 heteroatoms. The number of hydrogen-bond acceptors (Lipinski definition) is 3. The normalized spacial score (nSPS) is 12.8. The third kappa shape index (κ3) is 3.91. The lowest BCUT2D eigenvalue weighted by atomic mass is 10.0. The van der Waals surface area contributed by atoms with E-state index in [-0.39, 0.29) is 12.6 Å². The van der Waals surface area contributed by atoms with Crippen LogP contribution in [0.3, 0.4) is 0 Å². The molecule has 1 unspecified atom stereocenters. The highest BCUT2D eigenvalue weighted by Gasteiger charge is 2.11. The van der Waals surface area contributed by atoms with Gasteiger partial charge < -0.3 is 16.2 Å². The lowest BCUT2D eigenvalue weighted by molar-refractivity contribution is 0.259. The summed E-state index contributed by atoms with van der Waals surface area (Å²) in [5.41, 5.74) is 7.06. The highest BCUT2D eigenvalue weighted by molar-refractivity contribution is 6.33. The molecule has 90 valence electrons. The Kier molecular flexibility index (Phi) is 4.90. The molecule has 0 amide bonds. The van der Waals surface area contributed by atoms with E-state index >= 15 is 0 Å². The molecule has 3 nitrogen and oxygen atoms in total. The minimum Gasteiger partial charge on any atom is -0.399 e. The Morgan fingerprint density at radius 1 is 1.44 bits per heavy atom. The average Bonchev–Trinajstić information content (AvgIpc) is 2.20. The molecule has 0 saturated heterocycles. The van der Waals surface area contributed by atoms with Crippen LogP contribution in [0.15, 0.2) is 18.2 Å². The molecule has 0 aliphatic carbocycles. The lowest BCUT2D eigenvalue weighted by Gasteiger charge is -2.20. The molecule has 0 bridgehead atoms. The van der Waals surface area contributed by atoms with Crippen molar-refractivity contribution in [1.82, 2.24) is 0 Å². The van der Waals surface area contributed by atoms with Gasteiger partial charge in [0.05, 0.1) is 17.3 Å². The maximum atomic E-state index is 9.25. The summed E-state index contributed by atoms with van der Waals surface area (Å²) in [6.45, 7) is 4.34. The van der Waals surface area contributed by atoms with Gasteiger partial charge in [-0.25, -0.2) is 0 Å². The Balaban J connectivity index is 2.70. The Bertz CT molecular complexity index is 342. The number of halogens is 1. The molecule has 0 aromatic heterocycles. The van der Waals surface area contributed by atoms with Gasteiger partial charge in [-0.3, -0.25) is 0 Å². The Hall–Kier alpha value is -0.930. The van der Waals surface area contributed by atoms with Gasteiger partial charge in [0.15, 0.2) is 0 Å². The van der Waals surface area contributed by atoms with Crippen LogP contribution in [0.2, 0.25) is 5.02 Å². The van der Waals surface area contributed by atoms with Gasteiger partial charge in [-0.1, -0.05) is 25.4 Å². The SMILES string of the molecule is CC(C)CC(CO)Nc1ccc(N)cc1Cl. The zero-order valence-corrected chi connectivity index (χ0v) is 10.5. The van der Waals surface area contributed by atoms with E-state index in [1.165, 1.54) is 0 Å². The van der Waals surface area contributed by atoms with Crippen LogP contribution >= 0.6 is 11.6 Å². The van der Waals surface area contributed by atoms with E-state index in [0.29, 0.717) is 16.6 Å². The number of benzene rings is 1. The van der Waals surface area contributed by atoms with Crippen molar-refractivity contribution in [2.45, 2.75) is 26.3 Å². The van der Waals surface area contributed by atoms with Gasteiger partial charge in [-0.05, 0) is 30.5 Å². The molecule has 1 aromatic rings. The maximum absolute atomic E-state index is 9.25. The van der Waals surface area contributed by atoms with Crippen LogP contribution in [0.1, 0.15) is 20.3 Å². The molecule has 1 rings (SSSR count). The van der Waals surface area contributed by atoms with Crippen LogP contribution in [0.4, 0.5) is 11.4 Å². The molecule has 1 aromatic carbocycles. The van der Waals surface area contributed by atoms with Gasteiger partial charge in [0.2, 0.25) is 0 Å². The maximum Gasteiger partial charge on any atom is 0.0658 e. The molecular weight excluding hydrogens is 224 g/mol. The Morgan fingerprint density at radius 3 is 2.62 bits per heavy atom. The van der Waals surface area contributed by atoms with Crippen LogP contribution in [0.25, 0.3) is 0 Å². The fourth-order valence-corrected chi connectivity index (χ4v) is 1.86. The minimum absolute atomic E-state index is 0.0288. The van der Waals surface area contributed by atoms with E-state index in [0.717, 1.165) is 12.1 Å². The van der Waals surface area contributed by atoms with Crippen molar-refractivity contribution >= 4 is 23.0 Å². The topological polar surface area (TPSA) is 58.3 Å². The second-order valence-corrected chi connectivity index (χ2v) is 4.80. The van der Waals surface area contributed by atoms with Crippen molar-refractivity contribution in [2.75, 3.05) is 17.7 Å². The number of anilines is 2. The smallest absolute Gasteiger partial charge is 0.0658 e. The second kappa shape index (κ2) is 5.97. The summed E-state index contributed by atoms with van der Waals surface area (Å²) in [4.78, 5) is 0. The summed E-state index contributed by atoms with van der Waals surface area (Å²) in [7, 11) is 0. The number of hydrogen-bond donors (Lipinski definition) is 3. The van der Waals surface area contributed by atoms with Crippen LogP contribution < -0.4 is 11.1 Å². The van der Waals surface area contributed by atoms with E-state index in [1.54, 1.807) is 12.1 Å². The molecule has 0 heterocycles. The van der Waals surface area contributed by atoms with Gasteiger partial charge in [0, 0.05) is 11.7 Å². The number of aliphatic hydroxyl groups is 1. The van der Waals surface area contributed by atoms with Gasteiger partial charge in [-0.15, -0.1) is 0 Å². The monoisotopic (exact) mass is 242 g/mol. The van der Waals surface area contributed by atoms with Crippen molar-refractivity contribution in [2.24, 2.45) is 5.92 Å². The molecule has 0 aliphatic heterocycles. The van der Waals surface area contributed by atoms with Crippen LogP contribution in [0, 0.1) is 5.92 Å². The zero-order valence-electron chi connectivity index (χ0n) is 9.70. The fraction of sp³-hybridized carbons (Fsp3) is 0.500. The molecule has 4 N–H and O–H groups in total. The minimum atomic E-state index is 0.0288. The molecular formula is C12H19ClN2O. The summed E-state index contributed by atoms with van der Waals surface area (Å²) in [6.07, 6.45) is 0.900. The molecule has 0 saturated carbocycles. The van der Waals surface area contributed by atoms with Crippen LogP contribution in [0.5, 0.6) is 0 Å². The number of nitrogen functional groups attached to an aromatic ring is 1. The molecule has 1 atom stereocenters. The fourth-order valence-electron chi connectivity index (χ4n) is 1.62. The van der Waals surface area contributed by atoms with Gasteiger partial charge in [0.25, 0.3) is 0 Å². The number of rotatable bonds is 5. The van der Waals surface area contributed by atoms with Gasteiger partial charge in [-0.2, -0.15) is 0 Å². The van der Waals surface area contributed by atoms with Crippen molar-refractivity contribution < 1.29 is 5.11 Å². The lowest BCUT2D eigenvalue weighted by Crippen LogP contribution is -2.25. The summed E-state index contributed by atoms with van der Waals surface area (Å²) >= 11 is 6.04. The van der Waals surface area contributed by atoms with Crippen molar-refractivity contribution in [3.8, 4) is 0 Å². The molecule has 16 heavy (non-hydrogen) atoms. The molecule has 0 radical (unpaired) electrons. The largest absolute Gasteiger partial charge is 0.399 e. The molecule has 0 aliphatic rings. The predicted molar refractivity (Wildman–Crippen MR) is 69.8 cm³/mol. The van der Waals surface area contributed by atoms with E-state index in [9.17, 15) is 5.11 Å². The molecule has 0 fully saturated rings.